The maximum absolute atomic E-state index is 12.7. The van der Waals surface area contributed by atoms with Gasteiger partial charge in [-0.2, -0.15) is 0 Å². The van der Waals surface area contributed by atoms with Gasteiger partial charge in [-0.3, -0.25) is 9.78 Å². The van der Waals surface area contributed by atoms with E-state index in [4.69, 9.17) is 21.1 Å². The maximum atomic E-state index is 12.7. The van der Waals surface area contributed by atoms with Crippen LogP contribution in [0.2, 0.25) is 5.02 Å². The molecule has 0 radical (unpaired) electrons. The zero-order valence-corrected chi connectivity index (χ0v) is 22.4. The number of benzene rings is 2. The van der Waals surface area contributed by atoms with Crippen molar-refractivity contribution in [1.82, 2.24) is 20.9 Å². The van der Waals surface area contributed by atoms with Gasteiger partial charge in [0.1, 0.15) is 29.0 Å². The van der Waals surface area contributed by atoms with E-state index in [1.54, 1.807) is 25.2 Å². The Morgan fingerprint density at radius 2 is 1.84 bits per heavy atom. The Balaban J connectivity index is 1.37. The van der Waals surface area contributed by atoms with E-state index in [9.17, 15) is 9.59 Å². The molecule has 0 bridgehead atoms. The summed E-state index contributed by atoms with van der Waals surface area (Å²) in [6.07, 6.45) is 3.39. The number of rotatable bonds is 8. The monoisotopic (exact) mass is 537 g/mol. The van der Waals surface area contributed by atoms with Crippen LogP contribution in [0.25, 0.3) is 0 Å². The fourth-order valence-electron chi connectivity index (χ4n) is 4.09. The van der Waals surface area contributed by atoms with Crippen LogP contribution in [0, 0.1) is 13.8 Å². The van der Waals surface area contributed by atoms with Crippen LogP contribution in [0.4, 0.5) is 10.5 Å². The fraction of sp³-hybridized carbons (Fsp3) is 0.321. The first kappa shape index (κ1) is 27.2. The number of nitrogens with zero attached hydrogens (tertiary/aromatic N) is 1. The molecule has 1 fully saturated rings. The molecule has 1 saturated heterocycles. The van der Waals surface area contributed by atoms with E-state index in [0.717, 1.165) is 42.6 Å². The van der Waals surface area contributed by atoms with Crippen molar-refractivity contribution in [1.29, 1.82) is 0 Å². The first-order chi connectivity index (χ1) is 18.3. The van der Waals surface area contributed by atoms with E-state index in [-0.39, 0.29) is 23.7 Å². The van der Waals surface area contributed by atoms with Gasteiger partial charge in [0, 0.05) is 36.9 Å². The van der Waals surface area contributed by atoms with Gasteiger partial charge in [0.25, 0.3) is 5.91 Å². The third-order valence-corrected chi connectivity index (χ3v) is 6.61. The lowest BCUT2D eigenvalue weighted by molar-refractivity contribution is 0.0957. The summed E-state index contributed by atoms with van der Waals surface area (Å²) in [5.41, 5.74) is 3.49. The molecule has 3 amide bonds. The van der Waals surface area contributed by atoms with Crippen molar-refractivity contribution in [2.75, 3.05) is 25.5 Å². The Bertz CT molecular complexity index is 1310. The molecule has 0 saturated carbocycles. The number of halogens is 1. The van der Waals surface area contributed by atoms with Crippen LogP contribution < -0.4 is 30.7 Å². The first-order valence-corrected chi connectivity index (χ1v) is 12.9. The van der Waals surface area contributed by atoms with Gasteiger partial charge in [0.2, 0.25) is 0 Å². The first-order valence-electron chi connectivity index (χ1n) is 12.5. The highest BCUT2D eigenvalue weighted by Crippen LogP contribution is 2.33. The second-order valence-electron chi connectivity index (χ2n) is 9.13. The summed E-state index contributed by atoms with van der Waals surface area (Å²) in [4.78, 5) is 28.6. The van der Waals surface area contributed by atoms with Crippen LogP contribution >= 0.6 is 11.6 Å². The van der Waals surface area contributed by atoms with Gasteiger partial charge in [0.05, 0.1) is 5.69 Å². The fourth-order valence-corrected chi connectivity index (χ4v) is 4.24. The van der Waals surface area contributed by atoms with E-state index in [0.29, 0.717) is 34.5 Å². The Morgan fingerprint density at radius 1 is 1.05 bits per heavy atom. The number of hydrogen-bond donors (Lipinski definition) is 4. The van der Waals surface area contributed by atoms with Crippen LogP contribution in [-0.4, -0.2) is 43.2 Å². The number of piperidine rings is 1. The summed E-state index contributed by atoms with van der Waals surface area (Å²) in [5, 5.41) is 12.2. The van der Waals surface area contributed by atoms with Gasteiger partial charge < -0.3 is 30.7 Å². The minimum Gasteiger partial charge on any atom is -0.488 e. The average molecular weight is 538 g/mol. The lowest BCUT2D eigenvalue weighted by Crippen LogP contribution is -2.34. The Labute approximate surface area is 227 Å². The number of carbonyl (C=O) groups is 2. The SMILES string of the molecule is CNC(=O)c1cc(Oc2ccc(CNC(=O)Nc3cc(C)c(Cl)cc3OC3CCNCC3)cc2C)ccn1. The van der Waals surface area contributed by atoms with Crippen LogP contribution in [-0.2, 0) is 6.54 Å². The summed E-state index contributed by atoms with van der Waals surface area (Å²) < 4.78 is 12.1. The molecule has 4 N–H and O–H groups in total. The van der Waals surface area contributed by atoms with Crippen molar-refractivity contribution in [3.05, 3.63) is 76.1 Å². The lowest BCUT2D eigenvalue weighted by Gasteiger charge is -2.25. The molecule has 0 atom stereocenters. The number of hydrogen-bond acceptors (Lipinski definition) is 6. The minimum atomic E-state index is -0.349. The van der Waals surface area contributed by atoms with E-state index in [1.165, 1.54) is 6.20 Å². The molecule has 38 heavy (non-hydrogen) atoms. The predicted molar refractivity (Wildman–Crippen MR) is 147 cm³/mol. The number of nitrogens with one attached hydrogen (secondary N) is 4. The number of carbonyl (C=O) groups excluding carboxylic acids is 2. The molecule has 1 aliphatic rings. The summed E-state index contributed by atoms with van der Waals surface area (Å²) in [7, 11) is 1.55. The lowest BCUT2D eigenvalue weighted by atomic mass is 10.1. The normalized spacial score (nSPS) is 13.5. The Morgan fingerprint density at radius 3 is 2.58 bits per heavy atom. The van der Waals surface area contributed by atoms with Gasteiger partial charge >= 0.3 is 6.03 Å². The van der Waals surface area contributed by atoms with Crippen LogP contribution in [0.15, 0.2) is 48.7 Å². The molecule has 1 aromatic heterocycles. The number of aryl methyl sites for hydroxylation is 2. The van der Waals surface area contributed by atoms with Crippen molar-refractivity contribution in [2.24, 2.45) is 0 Å². The smallest absolute Gasteiger partial charge is 0.319 e. The summed E-state index contributed by atoms with van der Waals surface area (Å²) >= 11 is 6.34. The highest BCUT2D eigenvalue weighted by Gasteiger charge is 2.18. The van der Waals surface area contributed by atoms with E-state index >= 15 is 0 Å². The van der Waals surface area contributed by atoms with E-state index in [1.807, 2.05) is 38.1 Å². The standard InChI is InChI=1S/C28H32ClN5O4/c1-17-13-23(26(15-22(17)29)37-20-6-9-31-10-7-20)34-28(36)33-16-19-4-5-25(18(2)12-19)38-21-8-11-32-24(14-21)27(35)30-3/h4-5,8,11-15,20,31H,6-7,9-10,16H2,1-3H3,(H,30,35)(H2,33,34,36). The average Bonchev–Trinajstić information content (AvgIpc) is 2.92. The van der Waals surface area contributed by atoms with Gasteiger partial charge in [-0.1, -0.05) is 23.7 Å². The van der Waals surface area contributed by atoms with Gasteiger partial charge in [0.15, 0.2) is 0 Å². The summed E-state index contributed by atoms with van der Waals surface area (Å²) in [6, 6.07) is 12.2. The summed E-state index contributed by atoms with van der Waals surface area (Å²) in [6.45, 7) is 5.92. The molecule has 2 aromatic carbocycles. The number of pyridine rings is 1. The second-order valence-corrected chi connectivity index (χ2v) is 9.54. The predicted octanol–water partition coefficient (Wildman–Crippen LogP) is 4.96. The van der Waals surface area contributed by atoms with Crippen molar-refractivity contribution in [2.45, 2.75) is 39.3 Å². The van der Waals surface area contributed by atoms with Crippen molar-refractivity contribution in [3.63, 3.8) is 0 Å². The zero-order valence-electron chi connectivity index (χ0n) is 21.7. The third kappa shape index (κ3) is 7.14. The quantitative estimate of drug-likeness (QED) is 0.323. The largest absolute Gasteiger partial charge is 0.488 e. The number of amides is 3. The molecule has 0 spiro atoms. The minimum absolute atomic E-state index is 0.0740. The highest BCUT2D eigenvalue weighted by atomic mass is 35.5. The van der Waals surface area contributed by atoms with Crippen LogP contribution in [0.1, 0.15) is 40.0 Å². The molecule has 10 heteroatoms. The van der Waals surface area contributed by atoms with E-state index < -0.39 is 0 Å². The molecule has 0 unspecified atom stereocenters. The highest BCUT2D eigenvalue weighted by molar-refractivity contribution is 6.31. The molecular weight excluding hydrogens is 506 g/mol. The zero-order chi connectivity index (χ0) is 27.1. The van der Waals surface area contributed by atoms with Crippen molar-refractivity contribution in [3.8, 4) is 17.2 Å². The van der Waals surface area contributed by atoms with Crippen LogP contribution in [0.5, 0.6) is 17.2 Å². The molecule has 9 nitrogen and oxygen atoms in total. The number of anilines is 1. The van der Waals surface area contributed by atoms with E-state index in [2.05, 4.69) is 26.3 Å². The molecule has 0 aliphatic carbocycles. The number of aromatic nitrogens is 1. The summed E-state index contributed by atoms with van der Waals surface area (Å²) in [5.74, 6) is 1.43. The second kappa shape index (κ2) is 12.6. The molecule has 2 heterocycles. The molecule has 1 aliphatic heterocycles. The molecule has 3 aromatic rings. The Hall–Kier alpha value is -3.82. The maximum Gasteiger partial charge on any atom is 0.319 e. The van der Waals surface area contributed by atoms with Gasteiger partial charge in [-0.05, 0) is 74.7 Å². The molecule has 200 valence electrons. The van der Waals surface area contributed by atoms with Crippen molar-refractivity contribution >= 4 is 29.2 Å². The number of urea groups is 1. The number of ether oxygens (including phenoxy) is 2. The van der Waals surface area contributed by atoms with Crippen LogP contribution in [0.3, 0.4) is 0 Å². The molecule has 4 rings (SSSR count). The van der Waals surface area contributed by atoms with Gasteiger partial charge in [-0.15, -0.1) is 0 Å². The van der Waals surface area contributed by atoms with Gasteiger partial charge in [-0.25, -0.2) is 4.79 Å². The molecular formula is C28H32ClN5O4. The topological polar surface area (TPSA) is 114 Å². The Kier molecular flexibility index (Phi) is 9.04. The third-order valence-electron chi connectivity index (χ3n) is 6.20. The van der Waals surface area contributed by atoms with Crippen molar-refractivity contribution < 1.29 is 19.1 Å².